The second-order valence-corrected chi connectivity index (χ2v) is 6.55. The number of carbonyl (C=O) groups excluding carboxylic acids is 1. The first kappa shape index (κ1) is 16.0. The van der Waals surface area contributed by atoms with E-state index in [0.717, 1.165) is 6.42 Å². The topological polar surface area (TPSA) is 69.5 Å². The van der Waals surface area contributed by atoms with Gasteiger partial charge in [-0.05, 0) is 24.6 Å². The third-order valence-corrected chi connectivity index (χ3v) is 4.82. The number of hydrogen-bond acceptors (Lipinski definition) is 5. The molecule has 2 aliphatic rings. The summed E-state index contributed by atoms with van der Waals surface area (Å²) in [6.45, 7) is 1.49. The van der Waals surface area contributed by atoms with E-state index in [1.807, 2.05) is 0 Å². The number of aromatic nitrogens is 3. The maximum Gasteiger partial charge on any atom is 0.272 e. The SMILES string of the molecule is Cn1nccc1C(=O)N1CC[C@]2(C[C@@H](Oc3ncccc3F)CO2)C1. The molecular formula is C17H19FN4O3. The Kier molecular flexibility index (Phi) is 3.91. The second-order valence-electron chi connectivity index (χ2n) is 6.55. The van der Waals surface area contributed by atoms with Gasteiger partial charge >= 0.3 is 0 Å². The summed E-state index contributed by atoms with van der Waals surface area (Å²) in [5.74, 6) is -0.544. The van der Waals surface area contributed by atoms with Crippen LogP contribution >= 0.6 is 0 Å². The number of likely N-dealkylation sites (tertiary alicyclic amines) is 1. The molecule has 2 saturated heterocycles. The lowest BCUT2D eigenvalue weighted by Crippen LogP contribution is -2.36. The zero-order chi connectivity index (χ0) is 17.4. The first-order valence-electron chi connectivity index (χ1n) is 8.25. The molecule has 1 amide bonds. The van der Waals surface area contributed by atoms with Gasteiger partial charge in [0.2, 0.25) is 0 Å². The Labute approximate surface area is 144 Å². The van der Waals surface area contributed by atoms with Gasteiger partial charge in [-0.25, -0.2) is 9.37 Å². The fraction of sp³-hybridized carbons (Fsp3) is 0.471. The Morgan fingerprint density at radius 3 is 3.08 bits per heavy atom. The van der Waals surface area contributed by atoms with Crippen molar-refractivity contribution < 1.29 is 18.7 Å². The minimum atomic E-state index is -0.483. The molecule has 1 spiro atoms. The summed E-state index contributed by atoms with van der Waals surface area (Å²) >= 11 is 0. The van der Waals surface area contributed by atoms with Crippen LogP contribution in [0.4, 0.5) is 4.39 Å². The van der Waals surface area contributed by atoms with Gasteiger partial charge in [0, 0.05) is 32.4 Å². The lowest BCUT2D eigenvalue weighted by atomic mass is 9.98. The number of rotatable bonds is 3. The Balaban J connectivity index is 1.41. The summed E-state index contributed by atoms with van der Waals surface area (Å²) in [6, 6.07) is 4.55. The average Bonchev–Trinajstić information content (AvgIpc) is 3.31. The normalized spacial score (nSPS) is 25.7. The van der Waals surface area contributed by atoms with E-state index in [2.05, 4.69) is 10.1 Å². The monoisotopic (exact) mass is 346 g/mol. The molecule has 2 aliphatic heterocycles. The van der Waals surface area contributed by atoms with Gasteiger partial charge in [-0.3, -0.25) is 9.48 Å². The van der Waals surface area contributed by atoms with Crippen LogP contribution in [-0.4, -0.2) is 57.0 Å². The molecule has 0 N–H and O–H groups in total. The molecule has 0 saturated carbocycles. The van der Waals surface area contributed by atoms with Crippen LogP contribution in [0.1, 0.15) is 23.3 Å². The molecule has 25 heavy (non-hydrogen) atoms. The van der Waals surface area contributed by atoms with Crippen molar-refractivity contribution in [3.63, 3.8) is 0 Å². The van der Waals surface area contributed by atoms with Gasteiger partial charge in [0.1, 0.15) is 11.8 Å². The van der Waals surface area contributed by atoms with Crippen molar-refractivity contribution in [3.05, 3.63) is 42.1 Å². The molecule has 0 aliphatic carbocycles. The molecule has 4 heterocycles. The molecule has 0 aromatic carbocycles. The van der Waals surface area contributed by atoms with Crippen LogP contribution in [0, 0.1) is 5.82 Å². The largest absolute Gasteiger partial charge is 0.470 e. The van der Waals surface area contributed by atoms with Crippen molar-refractivity contribution in [1.82, 2.24) is 19.7 Å². The Hall–Kier alpha value is -2.48. The van der Waals surface area contributed by atoms with Crippen LogP contribution in [0.5, 0.6) is 5.88 Å². The molecule has 4 rings (SSSR count). The maximum atomic E-state index is 13.7. The van der Waals surface area contributed by atoms with E-state index in [1.165, 1.54) is 18.3 Å². The number of aryl methyl sites for hydroxylation is 1. The van der Waals surface area contributed by atoms with Crippen molar-refractivity contribution in [1.29, 1.82) is 0 Å². The average molecular weight is 346 g/mol. The molecule has 8 heteroatoms. The predicted molar refractivity (Wildman–Crippen MR) is 85.6 cm³/mol. The van der Waals surface area contributed by atoms with Gasteiger partial charge < -0.3 is 14.4 Å². The summed E-state index contributed by atoms with van der Waals surface area (Å²) in [4.78, 5) is 18.3. The fourth-order valence-corrected chi connectivity index (χ4v) is 3.54. The zero-order valence-electron chi connectivity index (χ0n) is 13.9. The highest BCUT2D eigenvalue weighted by Crippen LogP contribution is 2.37. The third-order valence-electron chi connectivity index (χ3n) is 4.82. The molecule has 0 unspecified atom stereocenters. The lowest BCUT2D eigenvalue weighted by molar-refractivity contribution is 0.00965. The summed E-state index contributed by atoms with van der Waals surface area (Å²) < 4.78 is 26.9. The number of pyridine rings is 1. The summed E-state index contributed by atoms with van der Waals surface area (Å²) in [7, 11) is 1.75. The Morgan fingerprint density at radius 2 is 2.32 bits per heavy atom. The molecule has 132 valence electrons. The first-order chi connectivity index (χ1) is 12.1. The summed E-state index contributed by atoms with van der Waals surface area (Å²) in [5.41, 5.74) is 0.128. The highest BCUT2D eigenvalue weighted by Gasteiger charge is 2.48. The van der Waals surface area contributed by atoms with Crippen molar-refractivity contribution in [2.24, 2.45) is 7.05 Å². The van der Waals surface area contributed by atoms with Gasteiger partial charge in [0.15, 0.2) is 5.82 Å². The molecule has 7 nitrogen and oxygen atoms in total. The van der Waals surface area contributed by atoms with E-state index in [9.17, 15) is 9.18 Å². The first-order valence-corrected chi connectivity index (χ1v) is 8.25. The van der Waals surface area contributed by atoms with Crippen molar-refractivity contribution in [2.45, 2.75) is 24.5 Å². The molecule has 2 aromatic rings. The number of halogens is 1. The van der Waals surface area contributed by atoms with Gasteiger partial charge in [-0.1, -0.05) is 0 Å². The van der Waals surface area contributed by atoms with Crippen molar-refractivity contribution >= 4 is 5.91 Å². The highest BCUT2D eigenvalue weighted by atomic mass is 19.1. The van der Waals surface area contributed by atoms with E-state index < -0.39 is 11.4 Å². The van der Waals surface area contributed by atoms with E-state index in [-0.39, 0.29) is 17.9 Å². The third kappa shape index (κ3) is 2.97. The Morgan fingerprint density at radius 1 is 1.44 bits per heavy atom. The lowest BCUT2D eigenvalue weighted by Gasteiger charge is -2.23. The zero-order valence-corrected chi connectivity index (χ0v) is 13.9. The molecular weight excluding hydrogens is 327 g/mol. The number of carbonyl (C=O) groups is 1. The van der Waals surface area contributed by atoms with E-state index in [4.69, 9.17) is 9.47 Å². The summed E-state index contributed by atoms with van der Waals surface area (Å²) in [5, 5.41) is 4.04. The number of hydrogen-bond donors (Lipinski definition) is 0. The van der Waals surface area contributed by atoms with Crippen LogP contribution in [0.2, 0.25) is 0 Å². The van der Waals surface area contributed by atoms with E-state index in [0.29, 0.717) is 31.8 Å². The van der Waals surface area contributed by atoms with Gasteiger partial charge in [0.25, 0.3) is 11.8 Å². The summed E-state index contributed by atoms with van der Waals surface area (Å²) in [6.07, 6.45) is 4.18. The van der Waals surface area contributed by atoms with Gasteiger partial charge in [-0.15, -0.1) is 0 Å². The van der Waals surface area contributed by atoms with Gasteiger partial charge in [0.05, 0.1) is 18.8 Å². The highest BCUT2D eigenvalue weighted by molar-refractivity contribution is 5.92. The molecule has 0 radical (unpaired) electrons. The quantitative estimate of drug-likeness (QED) is 0.840. The van der Waals surface area contributed by atoms with Crippen LogP contribution in [0.3, 0.4) is 0 Å². The Bertz CT molecular complexity index is 796. The van der Waals surface area contributed by atoms with Crippen LogP contribution in [0.15, 0.2) is 30.6 Å². The molecule has 0 bridgehead atoms. The van der Waals surface area contributed by atoms with E-state index in [1.54, 1.807) is 28.9 Å². The molecule has 2 fully saturated rings. The molecule has 2 aromatic heterocycles. The number of nitrogens with zero attached hydrogens (tertiary/aromatic N) is 4. The van der Waals surface area contributed by atoms with Crippen molar-refractivity contribution in [3.8, 4) is 5.88 Å². The standard InChI is InChI=1S/C17H19FN4O3/c1-21-14(4-7-20-21)16(23)22-8-5-17(11-22)9-12(10-24-17)25-15-13(18)3-2-6-19-15/h2-4,6-7,12H,5,8-11H2,1H3/t12-,17+/m1/s1. The maximum absolute atomic E-state index is 13.7. The van der Waals surface area contributed by atoms with Crippen LogP contribution in [0.25, 0.3) is 0 Å². The smallest absolute Gasteiger partial charge is 0.272 e. The van der Waals surface area contributed by atoms with Gasteiger partial charge in [-0.2, -0.15) is 5.10 Å². The fourth-order valence-electron chi connectivity index (χ4n) is 3.54. The second kappa shape index (κ2) is 6.11. The van der Waals surface area contributed by atoms with Crippen LogP contribution < -0.4 is 4.74 Å². The van der Waals surface area contributed by atoms with Crippen molar-refractivity contribution in [2.75, 3.05) is 19.7 Å². The number of ether oxygens (including phenoxy) is 2. The predicted octanol–water partition coefficient (Wildman–Crippen LogP) is 1.41. The minimum Gasteiger partial charge on any atom is -0.470 e. The molecule has 2 atom stereocenters. The minimum absolute atomic E-state index is 0.00559. The van der Waals surface area contributed by atoms with Crippen LogP contribution in [-0.2, 0) is 11.8 Å². The number of amides is 1. The van der Waals surface area contributed by atoms with E-state index >= 15 is 0 Å².